The summed E-state index contributed by atoms with van der Waals surface area (Å²) < 4.78 is 7.37. The first kappa shape index (κ1) is 31.2. The van der Waals surface area contributed by atoms with Gasteiger partial charge in [0.05, 0.1) is 33.1 Å². The number of hydrogen-bond donors (Lipinski definition) is 0. The highest BCUT2D eigenvalue weighted by atomic mass is 15.1. The van der Waals surface area contributed by atoms with Gasteiger partial charge in [0.2, 0.25) is 0 Å². The summed E-state index contributed by atoms with van der Waals surface area (Å²) in [5, 5.41) is 5.12. The second kappa shape index (κ2) is 11.4. The van der Waals surface area contributed by atoms with Gasteiger partial charge in [0.25, 0.3) is 0 Å². The molecule has 0 radical (unpaired) electrons. The van der Waals surface area contributed by atoms with Crippen molar-refractivity contribution in [2.75, 3.05) is 0 Å². The molecular formula is C52H36N4. The molecule has 11 aromatic rings. The molecule has 0 unspecified atom stereocenters. The number of rotatable bonds is 4. The predicted molar refractivity (Wildman–Crippen MR) is 233 cm³/mol. The summed E-state index contributed by atoms with van der Waals surface area (Å²) in [5.41, 5.74) is 16.5. The molecule has 0 saturated heterocycles. The van der Waals surface area contributed by atoms with E-state index in [4.69, 9.17) is 4.98 Å². The molecule has 0 N–H and O–H groups in total. The van der Waals surface area contributed by atoms with E-state index in [1.807, 2.05) is 0 Å². The van der Waals surface area contributed by atoms with Crippen LogP contribution in [0.25, 0.3) is 94.2 Å². The zero-order valence-electron chi connectivity index (χ0n) is 31.1. The van der Waals surface area contributed by atoms with Crippen LogP contribution in [0.1, 0.15) is 25.0 Å². The first-order valence-corrected chi connectivity index (χ1v) is 19.4. The van der Waals surface area contributed by atoms with Crippen LogP contribution in [0, 0.1) is 0 Å². The standard InChI is InChI=1S/C52H36N4/c1-52(2)40-27-12-9-24-37(40)45-48(52)46-38-25-10-14-29-42(38)54(34-20-7-4-8-21-34)50(46)47-39-26-11-15-30-43(39)55(49(45)47)35-22-17-23-36(32-35)56-44-31-16-13-28-41(44)53-51(56)33-18-5-3-6-19-33/h3-32H,1-2H3. The second-order valence-electron chi connectivity index (χ2n) is 15.6. The van der Waals surface area contributed by atoms with Gasteiger partial charge in [-0.3, -0.25) is 4.57 Å². The molecule has 0 spiro atoms. The molecule has 3 aromatic heterocycles. The van der Waals surface area contributed by atoms with Crippen molar-refractivity contribution in [1.29, 1.82) is 0 Å². The van der Waals surface area contributed by atoms with Crippen LogP contribution in [0.4, 0.5) is 0 Å². The molecule has 1 aliphatic rings. The zero-order valence-corrected chi connectivity index (χ0v) is 31.1. The van der Waals surface area contributed by atoms with E-state index in [0.29, 0.717) is 0 Å². The fraction of sp³-hybridized carbons (Fsp3) is 0.0577. The highest BCUT2D eigenvalue weighted by molar-refractivity contribution is 6.31. The molecule has 0 aliphatic heterocycles. The maximum atomic E-state index is 5.19. The molecular weight excluding hydrogens is 681 g/mol. The SMILES string of the molecule is CC1(C)c2ccccc2-c2c1c1c3ccccc3n(-c3ccccc3)c1c1c3ccccc3n(-c3cccc(-n4c(-c5ccccc5)nc5ccccc54)c3)c21. The van der Waals surface area contributed by atoms with Crippen LogP contribution in [-0.4, -0.2) is 18.7 Å². The van der Waals surface area contributed by atoms with Gasteiger partial charge >= 0.3 is 0 Å². The molecule has 8 aromatic carbocycles. The summed E-state index contributed by atoms with van der Waals surface area (Å²) in [7, 11) is 0. The van der Waals surface area contributed by atoms with Crippen LogP contribution >= 0.6 is 0 Å². The minimum absolute atomic E-state index is 0.243. The van der Waals surface area contributed by atoms with Crippen molar-refractivity contribution < 1.29 is 0 Å². The summed E-state index contributed by atoms with van der Waals surface area (Å²) in [6, 6.07) is 66.0. The van der Waals surface area contributed by atoms with Crippen molar-refractivity contribution in [2.45, 2.75) is 19.3 Å². The quantitative estimate of drug-likeness (QED) is 0.178. The van der Waals surface area contributed by atoms with Gasteiger partial charge in [-0.15, -0.1) is 0 Å². The van der Waals surface area contributed by atoms with Crippen LogP contribution in [0.3, 0.4) is 0 Å². The number of benzene rings is 8. The van der Waals surface area contributed by atoms with E-state index in [9.17, 15) is 0 Å². The lowest BCUT2D eigenvalue weighted by molar-refractivity contribution is 0.667. The second-order valence-corrected chi connectivity index (χ2v) is 15.6. The third-order valence-electron chi connectivity index (χ3n) is 12.2. The Balaban J connectivity index is 1.28. The molecule has 4 nitrogen and oxygen atoms in total. The van der Waals surface area contributed by atoms with E-state index in [1.54, 1.807) is 0 Å². The molecule has 1 aliphatic carbocycles. The molecule has 0 saturated carbocycles. The number of hydrogen-bond acceptors (Lipinski definition) is 1. The monoisotopic (exact) mass is 716 g/mol. The van der Waals surface area contributed by atoms with Crippen LogP contribution in [0.5, 0.6) is 0 Å². The fourth-order valence-corrected chi connectivity index (χ4v) is 9.91. The first-order chi connectivity index (χ1) is 27.6. The molecule has 0 atom stereocenters. The summed E-state index contributed by atoms with van der Waals surface area (Å²) in [4.78, 5) is 5.19. The molecule has 0 fully saturated rings. The van der Waals surface area contributed by atoms with Crippen molar-refractivity contribution in [3.63, 3.8) is 0 Å². The van der Waals surface area contributed by atoms with E-state index in [-0.39, 0.29) is 5.41 Å². The molecule has 0 bridgehead atoms. The minimum atomic E-state index is -0.243. The summed E-state index contributed by atoms with van der Waals surface area (Å²) in [5.74, 6) is 0.928. The molecule has 12 rings (SSSR count). The molecule has 3 heterocycles. The van der Waals surface area contributed by atoms with Crippen LogP contribution in [-0.2, 0) is 5.41 Å². The fourth-order valence-electron chi connectivity index (χ4n) is 9.91. The largest absolute Gasteiger partial charge is 0.309 e. The van der Waals surface area contributed by atoms with Gasteiger partial charge in [-0.1, -0.05) is 141 Å². The van der Waals surface area contributed by atoms with Crippen molar-refractivity contribution in [3.8, 4) is 39.6 Å². The van der Waals surface area contributed by atoms with E-state index in [2.05, 4.69) is 210 Å². The lowest BCUT2D eigenvalue weighted by atomic mass is 9.80. The number of imidazole rings is 1. The number of fused-ring (bicyclic) bond motifs is 13. The Labute approximate surface area is 324 Å². The molecule has 0 amide bonds. The summed E-state index contributed by atoms with van der Waals surface area (Å²) in [6.45, 7) is 4.83. The van der Waals surface area contributed by atoms with E-state index >= 15 is 0 Å². The maximum absolute atomic E-state index is 5.19. The van der Waals surface area contributed by atoms with Crippen molar-refractivity contribution in [1.82, 2.24) is 18.7 Å². The lowest BCUT2D eigenvalue weighted by Crippen LogP contribution is -2.15. The van der Waals surface area contributed by atoms with Gasteiger partial charge in [0, 0.05) is 55.1 Å². The van der Waals surface area contributed by atoms with Gasteiger partial charge in [-0.25, -0.2) is 4.98 Å². The van der Waals surface area contributed by atoms with Gasteiger partial charge in [0.15, 0.2) is 0 Å². The Morgan fingerprint density at radius 3 is 1.75 bits per heavy atom. The minimum Gasteiger partial charge on any atom is -0.309 e. The average Bonchev–Trinajstić information content (AvgIpc) is 3.97. The smallest absolute Gasteiger partial charge is 0.145 e. The highest BCUT2D eigenvalue weighted by Crippen LogP contribution is 2.58. The topological polar surface area (TPSA) is 27.7 Å². The normalized spacial score (nSPS) is 13.3. The Morgan fingerprint density at radius 2 is 1.00 bits per heavy atom. The van der Waals surface area contributed by atoms with Crippen molar-refractivity contribution in [2.24, 2.45) is 0 Å². The summed E-state index contributed by atoms with van der Waals surface area (Å²) in [6.07, 6.45) is 0. The average molecular weight is 717 g/mol. The Kier molecular flexibility index (Phi) is 6.37. The van der Waals surface area contributed by atoms with Gasteiger partial charge in [-0.05, 0) is 71.3 Å². The van der Waals surface area contributed by atoms with E-state index in [0.717, 1.165) is 39.5 Å². The number of nitrogens with zero attached hydrogens (tertiary/aromatic N) is 4. The number of para-hydroxylation sites is 5. The van der Waals surface area contributed by atoms with E-state index < -0.39 is 0 Å². The van der Waals surface area contributed by atoms with Crippen LogP contribution < -0.4 is 0 Å². The van der Waals surface area contributed by atoms with Gasteiger partial charge < -0.3 is 9.13 Å². The number of aromatic nitrogens is 4. The van der Waals surface area contributed by atoms with Crippen LogP contribution in [0.2, 0.25) is 0 Å². The Morgan fingerprint density at radius 1 is 0.446 bits per heavy atom. The predicted octanol–water partition coefficient (Wildman–Crippen LogP) is 13.2. The zero-order chi connectivity index (χ0) is 37.1. The van der Waals surface area contributed by atoms with Gasteiger partial charge in [0.1, 0.15) is 5.82 Å². The molecule has 264 valence electrons. The third kappa shape index (κ3) is 4.10. The molecule has 4 heteroatoms. The highest BCUT2D eigenvalue weighted by Gasteiger charge is 2.41. The Hall–Kier alpha value is -7.17. The molecule has 56 heavy (non-hydrogen) atoms. The van der Waals surface area contributed by atoms with Crippen molar-refractivity contribution >= 4 is 54.6 Å². The van der Waals surface area contributed by atoms with Gasteiger partial charge in [-0.2, -0.15) is 0 Å². The Bertz CT molecular complexity index is 3380. The maximum Gasteiger partial charge on any atom is 0.145 e. The third-order valence-corrected chi connectivity index (χ3v) is 12.2. The van der Waals surface area contributed by atoms with E-state index in [1.165, 1.54) is 65.9 Å². The summed E-state index contributed by atoms with van der Waals surface area (Å²) >= 11 is 0. The van der Waals surface area contributed by atoms with Crippen LogP contribution in [0.15, 0.2) is 182 Å². The first-order valence-electron chi connectivity index (χ1n) is 19.4. The lowest BCUT2D eigenvalue weighted by Gasteiger charge is -2.23. The van der Waals surface area contributed by atoms with Crippen molar-refractivity contribution in [3.05, 3.63) is 193 Å².